The van der Waals surface area contributed by atoms with E-state index in [1.165, 1.54) is 0 Å². The molecule has 3 rings (SSSR count). The van der Waals surface area contributed by atoms with Crippen molar-refractivity contribution in [3.05, 3.63) is 30.1 Å². The van der Waals surface area contributed by atoms with E-state index < -0.39 is 5.41 Å². The molecule has 0 spiro atoms. The van der Waals surface area contributed by atoms with E-state index in [1.54, 1.807) is 18.1 Å². The molecule has 2 amide bonds. The van der Waals surface area contributed by atoms with Gasteiger partial charge in [-0.25, -0.2) is 0 Å². The Bertz CT molecular complexity index is 887. The van der Waals surface area contributed by atoms with Gasteiger partial charge in [-0.15, -0.1) is 0 Å². The molecule has 1 fully saturated rings. The summed E-state index contributed by atoms with van der Waals surface area (Å²) in [7, 11) is 1.59. The highest BCUT2D eigenvalue weighted by molar-refractivity contribution is 5.83. The van der Waals surface area contributed by atoms with Crippen LogP contribution in [0.25, 0.3) is 11.5 Å². The number of ether oxygens (including phenoxy) is 1. The Labute approximate surface area is 170 Å². The third-order valence-electron chi connectivity index (χ3n) is 4.98. The smallest absolute Gasteiger partial charge is 0.258 e. The molecule has 1 aliphatic heterocycles. The number of hydrogen-bond acceptors (Lipinski definition) is 6. The minimum absolute atomic E-state index is 0.0305. The molecular weight excluding hydrogens is 372 g/mol. The molecule has 1 aromatic heterocycles. The molecule has 0 bridgehead atoms. The van der Waals surface area contributed by atoms with Crippen LogP contribution in [0.4, 0.5) is 0 Å². The second kappa shape index (κ2) is 8.23. The number of rotatable bonds is 4. The average molecular weight is 400 g/mol. The zero-order chi connectivity index (χ0) is 21.2. The molecule has 0 radical (unpaired) electrons. The van der Waals surface area contributed by atoms with Crippen LogP contribution in [0.1, 0.15) is 33.5 Å². The number of aromatic nitrogens is 2. The van der Waals surface area contributed by atoms with E-state index in [0.29, 0.717) is 37.1 Å². The Hall–Kier alpha value is -2.90. The van der Waals surface area contributed by atoms with E-state index in [4.69, 9.17) is 9.26 Å². The molecule has 8 nitrogen and oxygen atoms in total. The van der Waals surface area contributed by atoms with Crippen molar-refractivity contribution in [3.63, 3.8) is 0 Å². The lowest BCUT2D eigenvalue weighted by atomic mass is 9.93. The van der Waals surface area contributed by atoms with E-state index >= 15 is 0 Å². The molecule has 1 aliphatic rings. The van der Waals surface area contributed by atoms with Crippen LogP contribution in [0.15, 0.2) is 28.8 Å². The Morgan fingerprint density at radius 1 is 1.28 bits per heavy atom. The molecule has 0 saturated carbocycles. The van der Waals surface area contributed by atoms with Crippen LogP contribution in [-0.2, 0) is 16.0 Å². The van der Waals surface area contributed by atoms with Crippen molar-refractivity contribution in [2.45, 2.75) is 40.2 Å². The zero-order valence-corrected chi connectivity index (χ0v) is 17.6. The quantitative estimate of drug-likeness (QED) is 0.783. The molecule has 29 heavy (non-hydrogen) atoms. The van der Waals surface area contributed by atoms with Crippen molar-refractivity contribution in [3.8, 4) is 17.2 Å². The molecule has 1 atom stereocenters. The van der Waals surface area contributed by atoms with Gasteiger partial charge in [0.1, 0.15) is 5.75 Å². The molecule has 1 saturated heterocycles. The van der Waals surface area contributed by atoms with Gasteiger partial charge in [-0.3, -0.25) is 9.59 Å². The number of amides is 2. The Kier molecular flexibility index (Phi) is 5.91. The summed E-state index contributed by atoms with van der Waals surface area (Å²) in [6, 6.07) is 7.27. The van der Waals surface area contributed by atoms with Crippen LogP contribution in [0.5, 0.6) is 5.75 Å². The van der Waals surface area contributed by atoms with Crippen molar-refractivity contribution in [2.75, 3.05) is 26.7 Å². The number of carbonyl (C=O) groups is 2. The highest BCUT2D eigenvalue weighted by Crippen LogP contribution is 2.23. The van der Waals surface area contributed by atoms with Crippen molar-refractivity contribution in [1.82, 2.24) is 19.9 Å². The summed E-state index contributed by atoms with van der Waals surface area (Å²) in [5.41, 5.74) is 0.306. The third-order valence-corrected chi connectivity index (χ3v) is 4.98. The van der Waals surface area contributed by atoms with Gasteiger partial charge < -0.3 is 19.1 Å². The van der Waals surface area contributed by atoms with Crippen LogP contribution < -0.4 is 4.74 Å². The summed E-state index contributed by atoms with van der Waals surface area (Å²) < 4.78 is 10.5. The van der Waals surface area contributed by atoms with Crippen molar-refractivity contribution in [1.29, 1.82) is 0 Å². The van der Waals surface area contributed by atoms with Crippen molar-refractivity contribution >= 4 is 11.8 Å². The van der Waals surface area contributed by atoms with Gasteiger partial charge in [0.05, 0.1) is 13.5 Å². The van der Waals surface area contributed by atoms with Crippen LogP contribution in [0.3, 0.4) is 0 Å². The van der Waals surface area contributed by atoms with E-state index in [0.717, 1.165) is 5.56 Å². The fourth-order valence-electron chi connectivity index (χ4n) is 3.36. The lowest BCUT2D eigenvalue weighted by Gasteiger charge is -2.42. The molecule has 0 unspecified atom stereocenters. The number of hydrogen-bond donors (Lipinski definition) is 0. The van der Waals surface area contributed by atoms with Gasteiger partial charge in [-0.05, 0) is 25.1 Å². The summed E-state index contributed by atoms with van der Waals surface area (Å²) in [6.45, 7) is 9.25. The van der Waals surface area contributed by atoms with E-state index in [1.807, 2.05) is 50.8 Å². The second-order valence-electron chi connectivity index (χ2n) is 8.36. The zero-order valence-electron chi connectivity index (χ0n) is 17.6. The normalized spacial score (nSPS) is 17.3. The molecule has 0 aliphatic carbocycles. The molecule has 1 aromatic carbocycles. The number of nitrogens with zero attached hydrogens (tertiary/aromatic N) is 4. The van der Waals surface area contributed by atoms with Crippen LogP contribution in [-0.4, -0.2) is 64.5 Å². The lowest BCUT2D eigenvalue weighted by Crippen LogP contribution is -2.57. The number of piperazine rings is 1. The van der Waals surface area contributed by atoms with Gasteiger partial charge >= 0.3 is 0 Å². The first-order chi connectivity index (χ1) is 13.7. The molecule has 8 heteroatoms. The molecule has 156 valence electrons. The van der Waals surface area contributed by atoms with Crippen LogP contribution in [0.2, 0.25) is 0 Å². The van der Waals surface area contributed by atoms with Gasteiger partial charge in [0.2, 0.25) is 11.8 Å². The topological polar surface area (TPSA) is 88.8 Å². The van der Waals surface area contributed by atoms with Gasteiger partial charge in [0.25, 0.3) is 5.89 Å². The van der Waals surface area contributed by atoms with E-state index in [2.05, 4.69) is 10.1 Å². The minimum Gasteiger partial charge on any atom is -0.497 e. The second-order valence-corrected chi connectivity index (χ2v) is 8.36. The molecular formula is C21H28N4O4. The summed E-state index contributed by atoms with van der Waals surface area (Å²) in [5, 5.41) is 3.94. The monoisotopic (exact) mass is 400 g/mol. The molecule has 2 heterocycles. The van der Waals surface area contributed by atoms with Crippen molar-refractivity contribution in [2.24, 2.45) is 5.41 Å². The van der Waals surface area contributed by atoms with Gasteiger partial charge in [-0.1, -0.05) is 32.0 Å². The fourth-order valence-corrected chi connectivity index (χ4v) is 3.36. The first-order valence-corrected chi connectivity index (χ1v) is 9.75. The van der Waals surface area contributed by atoms with Crippen LogP contribution >= 0.6 is 0 Å². The Morgan fingerprint density at radius 3 is 2.69 bits per heavy atom. The first-order valence-electron chi connectivity index (χ1n) is 9.75. The standard InChI is InChI=1S/C21H28N4O4/c1-14-13-24(9-10-25(14)20(27)21(2,3)4)18(26)12-17-22-19(29-23-17)15-7-6-8-16(11-15)28-5/h6-8,11,14H,9-10,12-13H2,1-5H3/t14-/m1/s1. The predicted octanol–water partition coefficient (Wildman–Crippen LogP) is 2.39. The SMILES string of the molecule is COc1cccc(-c2nc(CC(=O)N3CCN(C(=O)C(C)(C)C)[C@H](C)C3)no2)c1. The third kappa shape index (κ3) is 4.75. The summed E-state index contributed by atoms with van der Waals surface area (Å²) >= 11 is 0. The van der Waals surface area contributed by atoms with E-state index in [-0.39, 0.29) is 24.3 Å². The van der Waals surface area contributed by atoms with Gasteiger partial charge in [-0.2, -0.15) is 4.98 Å². The first kappa shape index (κ1) is 20.8. The fraction of sp³-hybridized carbons (Fsp3) is 0.524. The summed E-state index contributed by atoms with van der Waals surface area (Å²) in [6.07, 6.45) is 0.0629. The average Bonchev–Trinajstić information content (AvgIpc) is 3.15. The van der Waals surface area contributed by atoms with Gasteiger partial charge in [0.15, 0.2) is 5.82 Å². The summed E-state index contributed by atoms with van der Waals surface area (Å²) in [5.74, 6) is 1.42. The number of benzene rings is 1. The van der Waals surface area contributed by atoms with Crippen molar-refractivity contribution < 1.29 is 18.8 Å². The summed E-state index contributed by atoms with van der Waals surface area (Å²) in [4.78, 5) is 33.2. The van der Waals surface area contributed by atoms with Crippen LogP contribution in [0, 0.1) is 5.41 Å². The maximum absolute atomic E-state index is 12.7. The highest BCUT2D eigenvalue weighted by Gasteiger charge is 2.35. The maximum Gasteiger partial charge on any atom is 0.258 e. The van der Waals surface area contributed by atoms with E-state index in [9.17, 15) is 9.59 Å². The molecule has 0 N–H and O–H groups in total. The largest absolute Gasteiger partial charge is 0.497 e. The highest BCUT2D eigenvalue weighted by atomic mass is 16.5. The number of methoxy groups -OCH3 is 1. The maximum atomic E-state index is 12.7. The lowest BCUT2D eigenvalue weighted by molar-refractivity contribution is -0.148. The Balaban J connectivity index is 1.62. The predicted molar refractivity (Wildman–Crippen MR) is 107 cm³/mol. The molecule has 2 aromatic rings. The van der Waals surface area contributed by atoms with Gasteiger partial charge in [0, 0.05) is 36.7 Å². The Morgan fingerprint density at radius 2 is 2.03 bits per heavy atom. The number of carbonyl (C=O) groups excluding carboxylic acids is 2. The minimum atomic E-state index is -0.429.